The quantitative estimate of drug-likeness (QED) is 0.847. The molecule has 0 bridgehead atoms. The van der Waals surface area contributed by atoms with E-state index in [1.165, 1.54) is 0 Å². The molecule has 3 atom stereocenters. The molecule has 1 N–H and O–H groups in total. The van der Waals surface area contributed by atoms with Gasteiger partial charge in [0.1, 0.15) is 5.54 Å². The third-order valence-corrected chi connectivity index (χ3v) is 4.27. The highest BCUT2D eigenvalue weighted by Gasteiger charge is 2.42. The van der Waals surface area contributed by atoms with Crippen LogP contribution >= 0.6 is 0 Å². The van der Waals surface area contributed by atoms with Crippen molar-refractivity contribution in [3.8, 4) is 6.07 Å². The molecule has 4 nitrogen and oxygen atoms in total. The van der Waals surface area contributed by atoms with E-state index in [1.54, 1.807) is 0 Å². The van der Waals surface area contributed by atoms with Gasteiger partial charge in [0.2, 0.25) is 0 Å². The molecule has 1 saturated carbocycles. The summed E-state index contributed by atoms with van der Waals surface area (Å²) in [6, 6.07) is 3.44. The molecule has 0 aromatic rings. The largest absolute Gasteiger partial charge is 0.377 e. The van der Waals surface area contributed by atoms with E-state index in [-0.39, 0.29) is 5.54 Å². The fourth-order valence-corrected chi connectivity index (χ4v) is 3.51. The first kappa shape index (κ1) is 14.8. The van der Waals surface area contributed by atoms with Crippen LogP contribution in [-0.2, 0) is 4.74 Å². The summed E-state index contributed by atoms with van der Waals surface area (Å²) < 4.78 is 5.71. The first-order valence-electron chi connectivity index (χ1n) is 7.59. The Balaban J connectivity index is 1.98. The van der Waals surface area contributed by atoms with Crippen molar-refractivity contribution in [1.29, 1.82) is 5.26 Å². The highest BCUT2D eigenvalue weighted by Crippen LogP contribution is 2.33. The van der Waals surface area contributed by atoms with Crippen molar-refractivity contribution in [1.82, 2.24) is 10.2 Å². The Hall–Kier alpha value is -0.630. The van der Waals surface area contributed by atoms with Gasteiger partial charge in [0, 0.05) is 31.8 Å². The smallest absolute Gasteiger partial charge is 0.108 e. The molecular formula is C15H27N3O. The van der Waals surface area contributed by atoms with Gasteiger partial charge in [0.15, 0.2) is 0 Å². The van der Waals surface area contributed by atoms with Crippen molar-refractivity contribution in [2.45, 2.75) is 70.2 Å². The van der Waals surface area contributed by atoms with E-state index in [4.69, 9.17) is 4.74 Å². The van der Waals surface area contributed by atoms with E-state index < -0.39 is 0 Å². The Labute approximate surface area is 117 Å². The summed E-state index contributed by atoms with van der Waals surface area (Å²) in [5.41, 5.74) is -0.310. The summed E-state index contributed by atoms with van der Waals surface area (Å²) >= 11 is 0. The zero-order chi connectivity index (χ0) is 13.9. The van der Waals surface area contributed by atoms with Gasteiger partial charge in [-0.3, -0.25) is 10.2 Å². The molecule has 3 unspecified atom stereocenters. The lowest BCUT2D eigenvalue weighted by Crippen LogP contribution is -2.47. The summed E-state index contributed by atoms with van der Waals surface area (Å²) in [7, 11) is 0. The lowest BCUT2D eigenvalue weighted by molar-refractivity contribution is 0.0605. The van der Waals surface area contributed by atoms with E-state index in [9.17, 15) is 5.26 Å². The highest BCUT2D eigenvalue weighted by atomic mass is 16.5. The molecule has 19 heavy (non-hydrogen) atoms. The minimum atomic E-state index is -0.310. The standard InChI is InChI=1S/C15H27N3O/c1-12(2)17-15(11-16)6-5-14(9-15)18-7-4-8-19-13(3)10-18/h12-14,17H,4-10H2,1-3H3. The molecule has 2 rings (SSSR count). The molecule has 2 aliphatic rings. The second kappa shape index (κ2) is 6.21. The first-order chi connectivity index (χ1) is 9.04. The summed E-state index contributed by atoms with van der Waals surface area (Å²) in [5, 5.41) is 13.0. The van der Waals surface area contributed by atoms with E-state index in [1.807, 2.05) is 0 Å². The summed E-state index contributed by atoms with van der Waals surface area (Å²) in [5.74, 6) is 0. The zero-order valence-electron chi connectivity index (χ0n) is 12.5. The number of hydrogen-bond donors (Lipinski definition) is 1. The highest BCUT2D eigenvalue weighted by molar-refractivity contribution is 5.14. The van der Waals surface area contributed by atoms with Crippen LogP contribution in [-0.4, -0.2) is 48.3 Å². The van der Waals surface area contributed by atoms with Crippen molar-refractivity contribution in [3.63, 3.8) is 0 Å². The fourth-order valence-electron chi connectivity index (χ4n) is 3.51. The van der Waals surface area contributed by atoms with Gasteiger partial charge in [-0.05, 0) is 46.5 Å². The van der Waals surface area contributed by atoms with E-state index in [2.05, 4.69) is 37.1 Å². The molecule has 0 aromatic heterocycles. The molecule has 0 radical (unpaired) electrons. The van der Waals surface area contributed by atoms with Gasteiger partial charge in [0.25, 0.3) is 0 Å². The Morgan fingerprint density at radius 1 is 1.47 bits per heavy atom. The van der Waals surface area contributed by atoms with Gasteiger partial charge in [-0.1, -0.05) is 0 Å². The fraction of sp³-hybridized carbons (Fsp3) is 0.933. The molecule has 1 aliphatic heterocycles. The maximum absolute atomic E-state index is 9.53. The lowest BCUT2D eigenvalue weighted by atomic mass is 9.98. The van der Waals surface area contributed by atoms with E-state index in [0.29, 0.717) is 18.2 Å². The predicted octanol–water partition coefficient (Wildman–Crippen LogP) is 1.91. The van der Waals surface area contributed by atoms with Crippen molar-refractivity contribution in [2.75, 3.05) is 19.7 Å². The molecule has 0 spiro atoms. The Morgan fingerprint density at radius 2 is 2.26 bits per heavy atom. The molecular weight excluding hydrogens is 238 g/mol. The van der Waals surface area contributed by atoms with Crippen molar-refractivity contribution < 1.29 is 4.74 Å². The third-order valence-electron chi connectivity index (χ3n) is 4.27. The Kier molecular flexibility index (Phi) is 4.83. The number of nitrogens with zero attached hydrogens (tertiary/aromatic N) is 2. The van der Waals surface area contributed by atoms with Gasteiger partial charge in [-0.15, -0.1) is 0 Å². The summed E-state index contributed by atoms with van der Waals surface area (Å²) in [6.07, 6.45) is 4.47. The average molecular weight is 265 g/mol. The van der Waals surface area contributed by atoms with Crippen LogP contribution in [0.3, 0.4) is 0 Å². The molecule has 0 amide bonds. The van der Waals surface area contributed by atoms with Crippen molar-refractivity contribution in [3.05, 3.63) is 0 Å². The molecule has 1 heterocycles. The summed E-state index contributed by atoms with van der Waals surface area (Å²) in [6.45, 7) is 9.38. The molecule has 4 heteroatoms. The second-order valence-electron chi connectivity index (χ2n) is 6.42. The van der Waals surface area contributed by atoms with Crippen LogP contribution in [0.15, 0.2) is 0 Å². The normalized spacial score (nSPS) is 37.2. The minimum absolute atomic E-state index is 0.310. The maximum atomic E-state index is 9.53. The monoisotopic (exact) mass is 265 g/mol. The van der Waals surface area contributed by atoms with Crippen LogP contribution in [0, 0.1) is 11.3 Å². The topological polar surface area (TPSA) is 48.3 Å². The van der Waals surface area contributed by atoms with E-state index >= 15 is 0 Å². The van der Waals surface area contributed by atoms with Crippen LogP contribution in [0.2, 0.25) is 0 Å². The zero-order valence-corrected chi connectivity index (χ0v) is 12.5. The Morgan fingerprint density at radius 3 is 2.95 bits per heavy atom. The van der Waals surface area contributed by atoms with Crippen LogP contribution < -0.4 is 5.32 Å². The van der Waals surface area contributed by atoms with Crippen LogP contribution in [0.25, 0.3) is 0 Å². The first-order valence-corrected chi connectivity index (χ1v) is 7.59. The van der Waals surface area contributed by atoms with Crippen LogP contribution in [0.1, 0.15) is 46.5 Å². The average Bonchev–Trinajstić information content (AvgIpc) is 2.64. The molecule has 1 aliphatic carbocycles. The van der Waals surface area contributed by atoms with Gasteiger partial charge in [-0.25, -0.2) is 0 Å². The minimum Gasteiger partial charge on any atom is -0.377 e. The number of hydrogen-bond acceptors (Lipinski definition) is 4. The van der Waals surface area contributed by atoms with Crippen molar-refractivity contribution >= 4 is 0 Å². The van der Waals surface area contributed by atoms with Gasteiger partial charge < -0.3 is 4.74 Å². The van der Waals surface area contributed by atoms with Gasteiger partial charge in [0.05, 0.1) is 12.2 Å². The SMILES string of the molecule is CC(C)NC1(C#N)CCC(N2CCCOC(C)C2)C1. The van der Waals surface area contributed by atoms with Crippen LogP contribution in [0.5, 0.6) is 0 Å². The Bertz CT molecular complexity index is 339. The molecule has 0 aromatic carbocycles. The lowest BCUT2D eigenvalue weighted by Gasteiger charge is -2.30. The maximum Gasteiger partial charge on any atom is 0.108 e. The van der Waals surface area contributed by atoms with Crippen LogP contribution in [0.4, 0.5) is 0 Å². The molecule has 1 saturated heterocycles. The molecule has 108 valence electrons. The number of nitriles is 1. The van der Waals surface area contributed by atoms with Gasteiger partial charge in [-0.2, -0.15) is 5.26 Å². The predicted molar refractivity (Wildman–Crippen MR) is 75.9 cm³/mol. The third kappa shape index (κ3) is 3.68. The number of rotatable bonds is 3. The molecule has 2 fully saturated rings. The number of ether oxygens (including phenoxy) is 1. The second-order valence-corrected chi connectivity index (χ2v) is 6.42. The van der Waals surface area contributed by atoms with E-state index in [0.717, 1.165) is 45.4 Å². The summed E-state index contributed by atoms with van der Waals surface area (Å²) in [4.78, 5) is 2.54. The van der Waals surface area contributed by atoms with Crippen molar-refractivity contribution in [2.24, 2.45) is 0 Å². The van der Waals surface area contributed by atoms with Gasteiger partial charge >= 0.3 is 0 Å². The number of nitrogens with one attached hydrogen (secondary N) is 1.